The van der Waals surface area contributed by atoms with Crippen molar-refractivity contribution in [1.82, 2.24) is 10.2 Å². The van der Waals surface area contributed by atoms with E-state index in [1.165, 1.54) is 23.3 Å². The number of fused-ring (bicyclic) bond motifs is 3. The number of amides is 2. The number of aryl methyl sites for hydroxylation is 1. The van der Waals surface area contributed by atoms with Gasteiger partial charge >= 0.3 is 6.09 Å². The minimum absolute atomic E-state index is 0.0571. The molecule has 1 saturated carbocycles. The number of hydrogen-bond acceptors (Lipinski definition) is 2. The van der Waals surface area contributed by atoms with Crippen molar-refractivity contribution in [2.45, 2.75) is 37.6 Å². The van der Waals surface area contributed by atoms with Crippen LogP contribution in [0.4, 0.5) is 4.79 Å². The van der Waals surface area contributed by atoms with Crippen LogP contribution in [0.2, 0.25) is 0 Å². The monoisotopic (exact) mass is 286 g/mol. The average molecular weight is 286 g/mol. The van der Waals surface area contributed by atoms with Gasteiger partial charge in [-0.2, -0.15) is 0 Å². The van der Waals surface area contributed by atoms with Crippen LogP contribution in [-0.2, 0) is 0 Å². The first-order chi connectivity index (χ1) is 10.0. The summed E-state index contributed by atoms with van der Waals surface area (Å²) in [6.07, 6.45) is 1.54. The molecule has 110 valence electrons. The molecular weight excluding hydrogens is 268 g/mol. The van der Waals surface area contributed by atoms with Gasteiger partial charge in [-0.3, -0.25) is 4.79 Å². The Morgan fingerprint density at radius 1 is 1.33 bits per heavy atom. The lowest BCUT2D eigenvalue weighted by Crippen LogP contribution is -2.44. The Labute approximate surface area is 122 Å². The number of nitrogens with zero attached hydrogens (tertiary/aromatic N) is 1. The molecule has 2 fully saturated rings. The third kappa shape index (κ3) is 1.91. The summed E-state index contributed by atoms with van der Waals surface area (Å²) >= 11 is 0. The van der Waals surface area contributed by atoms with Crippen molar-refractivity contribution in [3.63, 3.8) is 0 Å². The molecule has 0 radical (unpaired) electrons. The van der Waals surface area contributed by atoms with E-state index in [1.807, 2.05) is 6.92 Å². The minimum Gasteiger partial charge on any atom is -0.465 e. The van der Waals surface area contributed by atoms with Gasteiger partial charge in [0.1, 0.15) is 0 Å². The highest BCUT2D eigenvalue weighted by molar-refractivity contribution is 5.99. The quantitative estimate of drug-likeness (QED) is 0.830. The molecule has 2 unspecified atom stereocenters. The summed E-state index contributed by atoms with van der Waals surface area (Å²) in [4.78, 5) is 25.0. The van der Waals surface area contributed by atoms with Gasteiger partial charge in [0.25, 0.3) is 5.91 Å². The Bertz CT molecular complexity index is 651. The van der Waals surface area contributed by atoms with E-state index in [0.29, 0.717) is 19.0 Å². The molecule has 1 aromatic rings. The first kappa shape index (κ1) is 12.7. The van der Waals surface area contributed by atoms with Gasteiger partial charge in [-0.05, 0) is 42.4 Å². The highest BCUT2D eigenvalue weighted by Crippen LogP contribution is 2.44. The molecule has 5 heteroatoms. The van der Waals surface area contributed by atoms with Crippen LogP contribution in [0, 0.1) is 6.92 Å². The smallest absolute Gasteiger partial charge is 0.407 e. The number of likely N-dealkylation sites (tertiary alicyclic amines) is 1. The molecule has 0 aromatic heterocycles. The third-order valence-corrected chi connectivity index (χ3v) is 4.97. The van der Waals surface area contributed by atoms with Crippen LogP contribution < -0.4 is 5.32 Å². The highest BCUT2D eigenvalue weighted by Gasteiger charge is 2.43. The van der Waals surface area contributed by atoms with Gasteiger partial charge in [-0.15, -0.1) is 0 Å². The fourth-order valence-electron chi connectivity index (χ4n) is 3.76. The average Bonchev–Trinajstić information content (AvgIpc) is 3.18. The number of rotatable bonds is 1. The molecule has 2 aliphatic heterocycles. The SMILES string of the molecule is Cc1cc(C2CC2)cc2c1C(=O)NC1CN(C(=O)O)CC21. The first-order valence-electron chi connectivity index (χ1n) is 7.47. The normalized spacial score (nSPS) is 27.1. The zero-order valence-electron chi connectivity index (χ0n) is 11.9. The molecule has 0 spiro atoms. The summed E-state index contributed by atoms with van der Waals surface area (Å²) in [5, 5.41) is 12.2. The second kappa shape index (κ2) is 4.23. The fourth-order valence-corrected chi connectivity index (χ4v) is 3.76. The molecular formula is C16H18N2O3. The van der Waals surface area contributed by atoms with Crippen LogP contribution in [0.1, 0.15) is 51.7 Å². The van der Waals surface area contributed by atoms with Gasteiger partial charge in [-0.1, -0.05) is 12.1 Å². The van der Waals surface area contributed by atoms with E-state index in [-0.39, 0.29) is 17.9 Å². The molecule has 21 heavy (non-hydrogen) atoms. The standard InChI is InChI=1S/C16H18N2O3/c1-8-4-10(9-2-3-9)5-11-12-6-18(16(20)21)7-13(12)17-15(19)14(8)11/h4-5,9,12-13H,2-3,6-7H2,1H3,(H,17,19)(H,20,21). The lowest BCUT2D eigenvalue weighted by Gasteiger charge is -2.29. The summed E-state index contributed by atoms with van der Waals surface area (Å²) in [6.45, 7) is 2.84. The van der Waals surface area contributed by atoms with Gasteiger partial charge in [-0.25, -0.2) is 4.79 Å². The molecule has 2 heterocycles. The van der Waals surface area contributed by atoms with E-state index in [4.69, 9.17) is 0 Å². The lowest BCUT2D eigenvalue weighted by molar-refractivity contribution is 0.0921. The van der Waals surface area contributed by atoms with E-state index in [2.05, 4.69) is 17.4 Å². The molecule has 2 N–H and O–H groups in total. The van der Waals surface area contributed by atoms with E-state index >= 15 is 0 Å². The summed E-state index contributed by atoms with van der Waals surface area (Å²) in [5.74, 6) is 0.666. The fraction of sp³-hybridized carbons (Fsp3) is 0.500. The molecule has 1 aromatic carbocycles. The zero-order chi connectivity index (χ0) is 14.7. The van der Waals surface area contributed by atoms with Gasteiger partial charge in [0.15, 0.2) is 0 Å². The van der Waals surface area contributed by atoms with Crippen LogP contribution >= 0.6 is 0 Å². The second-order valence-electron chi connectivity index (χ2n) is 6.45. The zero-order valence-corrected chi connectivity index (χ0v) is 11.9. The molecule has 1 saturated heterocycles. The molecule has 1 aliphatic carbocycles. The number of benzene rings is 1. The molecule has 5 nitrogen and oxygen atoms in total. The van der Waals surface area contributed by atoms with Gasteiger partial charge in [0.2, 0.25) is 0 Å². The van der Waals surface area contributed by atoms with Gasteiger partial charge in [0, 0.05) is 24.6 Å². The minimum atomic E-state index is -0.907. The predicted molar refractivity (Wildman–Crippen MR) is 76.7 cm³/mol. The van der Waals surface area contributed by atoms with Crippen LogP contribution in [0.25, 0.3) is 0 Å². The topological polar surface area (TPSA) is 69.6 Å². The number of nitrogens with one attached hydrogen (secondary N) is 1. The van der Waals surface area contributed by atoms with Crippen LogP contribution in [0.3, 0.4) is 0 Å². The van der Waals surface area contributed by atoms with Crippen molar-refractivity contribution in [1.29, 1.82) is 0 Å². The molecule has 3 aliphatic rings. The van der Waals surface area contributed by atoms with Crippen molar-refractivity contribution < 1.29 is 14.7 Å². The van der Waals surface area contributed by atoms with Crippen molar-refractivity contribution in [3.05, 3.63) is 34.4 Å². The van der Waals surface area contributed by atoms with Crippen LogP contribution in [0.5, 0.6) is 0 Å². The van der Waals surface area contributed by atoms with Gasteiger partial charge < -0.3 is 15.3 Å². The van der Waals surface area contributed by atoms with E-state index < -0.39 is 6.09 Å². The van der Waals surface area contributed by atoms with Gasteiger partial charge in [0.05, 0.1) is 6.04 Å². The number of carboxylic acid groups (broad SMARTS) is 1. The molecule has 4 rings (SSSR count). The summed E-state index contributed by atoms with van der Waals surface area (Å²) in [5.41, 5.74) is 4.13. The van der Waals surface area contributed by atoms with Crippen LogP contribution in [0.15, 0.2) is 12.1 Å². The van der Waals surface area contributed by atoms with Crippen molar-refractivity contribution in [2.75, 3.05) is 13.1 Å². The van der Waals surface area contributed by atoms with Crippen molar-refractivity contribution in [2.24, 2.45) is 0 Å². The van der Waals surface area contributed by atoms with E-state index in [9.17, 15) is 14.7 Å². The lowest BCUT2D eigenvalue weighted by atomic mass is 9.82. The van der Waals surface area contributed by atoms with E-state index in [0.717, 1.165) is 16.7 Å². The molecule has 2 atom stereocenters. The Balaban J connectivity index is 1.79. The second-order valence-corrected chi connectivity index (χ2v) is 6.45. The van der Waals surface area contributed by atoms with Crippen molar-refractivity contribution >= 4 is 12.0 Å². The Kier molecular flexibility index (Phi) is 2.55. The van der Waals surface area contributed by atoms with Crippen molar-refractivity contribution in [3.8, 4) is 0 Å². The summed E-state index contributed by atoms with van der Waals surface area (Å²) in [7, 11) is 0. The summed E-state index contributed by atoms with van der Waals surface area (Å²) in [6, 6.07) is 4.19. The summed E-state index contributed by atoms with van der Waals surface area (Å²) < 4.78 is 0. The molecule has 0 bridgehead atoms. The number of carbonyl (C=O) groups is 2. The maximum Gasteiger partial charge on any atom is 0.407 e. The maximum atomic E-state index is 12.3. The Morgan fingerprint density at radius 3 is 2.76 bits per heavy atom. The number of hydrogen-bond donors (Lipinski definition) is 2. The first-order valence-corrected chi connectivity index (χ1v) is 7.47. The largest absolute Gasteiger partial charge is 0.465 e. The third-order valence-electron chi connectivity index (χ3n) is 4.97. The number of carbonyl (C=O) groups excluding carboxylic acids is 1. The molecule has 2 amide bonds. The van der Waals surface area contributed by atoms with Crippen LogP contribution in [-0.4, -0.2) is 41.1 Å². The Hall–Kier alpha value is -2.04. The highest BCUT2D eigenvalue weighted by atomic mass is 16.4. The maximum absolute atomic E-state index is 12.3. The van der Waals surface area contributed by atoms with E-state index in [1.54, 1.807) is 0 Å². The Morgan fingerprint density at radius 2 is 2.10 bits per heavy atom. The predicted octanol–water partition coefficient (Wildman–Crippen LogP) is 2.06.